The maximum Gasteiger partial charge on any atom is 0.315 e. The van der Waals surface area contributed by atoms with Crippen LogP contribution in [0.5, 0.6) is 5.75 Å². The molecule has 1 aliphatic heterocycles. The standard InChI is InChI=1S/C23H25N3O5/c1-15-3-7-18(8-4-15)26-14-17(13-20(26)27)21(28)25-23(30)22(29)24-11-12-31-19-9-5-16(2)6-10-19/h3-10,17H,11-14H2,1-2H3,(H,24,29)(H,25,28,30)/t17-/m1/s1. The highest BCUT2D eigenvalue weighted by atomic mass is 16.5. The number of imide groups is 1. The smallest absolute Gasteiger partial charge is 0.315 e. The average Bonchev–Trinajstić information content (AvgIpc) is 3.14. The number of ether oxygens (including phenoxy) is 1. The van der Waals surface area contributed by atoms with Crippen molar-refractivity contribution in [2.45, 2.75) is 20.3 Å². The Labute approximate surface area is 180 Å². The number of carbonyl (C=O) groups excluding carboxylic acids is 4. The van der Waals surface area contributed by atoms with Crippen molar-refractivity contribution in [2.75, 3.05) is 24.6 Å². The van der Waals surface area contributed by atoms with Crippen LogP contribution in [-0.4, -0.2) is 43.3 Å². The van der Waals surface area contributed by atoms with Crippen molar-refractivity contribution in [1.82, 2.24) is 10.6 Å². The van der Waals surface area contributed by atoms with Crippen LogP contribution in [0.2, 0.25) is 0 Å². The molecule has 0 aliphatic carbocycles. The van der Waals surface area contributed by atoms with Crippen LogP contribution >= 0.6 is 0 Å². The molecule has 0 spiro atoms. The van der Waals surface area contributed by atoms with E-state index in [4.69, 9.17) is 4.74 Å². The van der Waals surface area contributed by atoms with E-state index in [1.54, 1.807) is 0 Å². The highest BCUT2D eigenvalue weighted by molar-refractivity contribution is 6.37. The molecule has 3 rings (SSSR count). The molecule has 0 saturated carbocycles. The molecule has 0 bridgehead atoms. The van der Waals surface area contributed by atoms with Crippen LogP contribution < -0.4 is 20.3 Å². The second-order valence-corrected chi connectivity index (χ2v) is 7.48. The lowest BCUT2D eigenvalue weighted by molar-refractivity contribution is -0.143. The predicted molar refractivity (Wildman–Crippen MR) is 114 cm³/mol. The maximum absolute atomic E-state index is 12.4. The fourth-order valence-corrected chi connectivity index (χ4v) is 3.18. The number of carbonyl (C=O) groups is 4. The van der Waals surface area contributed by atoms with Crippen LogP contribution in [-0.2, 0) is 19.2 Å². The first-order valence-electron chi connectivity index (χ1n) is 10.0. The third kappa shape index (κ3) is 5.91. The van der Waals surface area contributed by atoms with Gasteiger partial charge in [-0.2, -0.15) is 0 Å². The molecule has 1 fully saturated rings. The van der Waals surface area contributed by atoms with E-state index in [9.17, 15) is 19.2 Å². The minimum Gasteiger partial charge on any atom is -0.492 e. The Morgan fingerprint density at radius 1 is 0.968 bits per heavy atom. The molecule has 1 saturated heterocycles. The Bertz CT molecular complexity index is 970. The van der Waals surface area contributed by atoms with Crippen LogP contribution in [0.3, 0.4) is 0 Å². The minimum absolute atomic E-state index is 0.0149. The summed E-state index contributed by atoms with van der Waals surface area (Å²) in [4.78, 5) is 50.1. The fourth-order valence-electron chi connectivity index (χ4n) is 3.18. The van der Waals surface area contributed by atoms with Gasteiger partial charge in [-0.3, -0.25) is 24.5 Å². The highest BCUT2D eigenvalue weighted by Gasteiger charge is 2.36. The zero-order chi connectivity index (χ0) is 22.4. The number of nitrogens with zero attached hydrogens (tertiary/aromatic N) is 1. The summed E-state index contributed by atoms with van der Waals surface area (Å²) in [5.41, 5.74) is 2.86. The first-order chi connectivity index (χ1) is 14.8. The predicted octanol–water partition coefficient (Wildman–Crippen LogP) is 1.49. The van der Waals surface area contributed by atoms with E-state index in [0.717, 1.165) is 11.1 Å². The van der Waals surface area contributed by atoms with Crippen LogP contribution in [0.4, 0.5) is 5.69 Å². The topological polar surface area (TPSA) is 105 Å². The van der Waals surface area contributed by atoms with Crippen molar-refractivity contribution in [1.29, 1.82) is 0 Å². The molecule has 1 heterocycles. The van der Waals surface area contributed by atoms with Crippen molar-refractivity contribution < 1.29 is 23.9 Å². The number of benzene rings is 2. The Morgan fingerprint density at radius 2 is 1.58 bits per heavy atom. The van der Waals surface area contributed by atoms with Gasteiger partial charge in [-0.05, 0) is 38.1 Å². The van der Waals surface area contributed by atoms with Crippen LogP contribution in [0.1, 0.15) is 17.5 Å². The van der Waals surface area contributed by atoms with Gasteiger partial charge in [0.1, 0.15) is 12.4 Å². The summed E-state index contributed by atoms with van der Waals surface area (Å²) < 4.78 is 5.47. The minimum atomic E-state index is -1.05. The molecule has 1 atom stereocenters. The third-order valence-electron chi connectivity index (χ3n) is 4.96. The molecule has 2 N–H and O–H groups in total. The maximum atomic E-state index is 12.4. The molecule has 2 aromatic carbocycles. The van der Waals surface area contributed by atoms with E-state index in [2.05, 4.69) is 10.6 Å². The van der Waals surface area contributed by atoms with E-state index >= 15 is 0 Å². The number of anilines is 1. The largest absolute Gasteiger partial charge is 0.492 e. The summed E-state index contributed by atoms with van der Waals surface area (Å²) in [6, 6.07) is 14.8. The first-order valence-corrected chi connectivity index (χ1v) is 10.0. The van der Waals surface area contributed by atoms with Crippen molar-refractivity contribution >= 4 is 29.3 Å². The van der Waals surface area contributed by atoms with Crippen molar-refractivity contribution in [3.05, 3.63) is 59.7 Å². The van der Waals surface area contributed by atoms with Gasteiger partial charge in [-0.1, -0.05) is 35.4 Å². The van der Waals surface area contributed by atoms with Gasteiger partial charge in [-0.15, -0.1) is 0 Å². The molecule has 0 aromatic heterocycles. The number of nitrogens with one attached hydrogen (secondary N) is 2. The number of hydrogen-bond acceptors (Lipinski definition) is 5. The first kappa shape index (κ1) is 22.0. The van der Waals surface area contributed by atoms with Crippen molar-refractivity contribution in [2.24, 2.45) is 5.92 Å². The lowest BCUT2D eigenvalue weighted by Gasteiger charge is -2.16. The van der Waals surface area contributed by atoms with E-state index in [0.29, 0.717) is 11.4 Å². The van der Waals surface area contributed by atoms with E-state index in [-0.39, 0.29) is 32.0 Å². The number of amides is 4. The molecule has 4 amide bonds. The quantitative estimate of drug-likeness (QED) is 0.541. The fraction of sp³-hybridized carbons (Fsp3) is 0.304. The van der Waals surface area contributed by atoms with E-state index in [1.165, 1.54) is 4.90 Å². The van der Waals surface area contributed by atoms with E-state index < -0.39 is 23.6 Å². The Kier molecular flexibility index (Phi) is 7.02. The molecule has 2 aromatic rings. The zero-order valence-electron chi connectivity index (χ0n) is 17.5. The Balaban J connectivity index is 1.42. The monoisotopic (exact) mass is 423 g/mol. The molecule has 0 unspecified atom stereocenters. The molecular formula is C23H25N3O5. The summed E-state index contributed by atoms with van der Waals surface area (Å²) in [7, 11) is 0. The van der Waals surface area contributed by atoms with Crippen LogP contribution in [0.15, 0.2) is 48.5 Å². The summed E-state index contributed by atoms with van der Waals surface area (Å²) in [6.45, 7) is 4.35. The number of hydrogen-bond donors (Lipinski definition) is 2. The lowest BCUT2D eigenvalue weighted by atomic mass is 10.1. The number of rotatable bonds is 6. The average molecular weight is 423 g/mol. The molecule has 8 nitrogen and oxygen atoms in total. The Morgan fingerprint density at radius 3 is 2.23 bits per heavy atom. The lowest BCUT2D eigenvalue weighted by Crippen LogP contribution is -2.46. The van der Waals surface area contributed by atoms with Gasteiger partial charge in [-0.25, -0.2) is 0 Å². The molecule has 1 aliphatic rings. The SMILES string of the molecule is Cc1ccc(OCCNC(=O)C(=O)NC(=O)[C@@H]2CC(=O)N(c3ccc(C)cc3)C2)cc1. The summed E-state index contributed by atoms with van der Waals surface area (Å²) in [6.07, 6.45) is -0.0149. The van der Waals surface area contributed by atoms with Crippen molar-refractivity contribution in [3.63, 3.8) is 0 Å². The highest BCUT2D eigenvalue weighted by Crippen LogP contribution is 2.25. The summed E-state index contributed by atoms with van der Waals surface area (Å²) >= 11 is 0. The van der Waals surface area contributed by atoms with Crippen LogP contribution in [0, 0.1) is 19.8 Å². The van der Waals surface area contributed by atoms with E-state index in [1.807, 2.05) is 62.4 Å². The summed E-state index contributed by atoms with van der Waals surface area (Å²) in [5.74, 6) is -2.87. The zero-order valence-corrected chi connectivity index (χ0v) is 17.5. The molecule has 0 radical (unpaired) electrons. The van der Waals surface area contributed by atoms with Gasteiger partial charge in [0.15, 0.2) is 0 Å². The van der Waals surface area contributed by atoms with Gasteiger partial charge in [0.2, 0.25) is 11.8 Å². The molecule has 162 valence electrons. The number of aryl methyl sites for hydroxylation is 2. The van der Waals surface area contributed by atoms with Gasteiger partial charge in [0.25, 0.3) is 0 Å². The summed E-state index contributed by atoms with van der Waals surface area (Å²) in [5, 5.41) is 4.48. The molecule has 31 heavy (non-hydrogen) atoms. The van der Waals surface area contributed by atoms with Crippen LogP contribution in [0.25, 0.3) is 0 Å². The molecular weight excluding hydrogens is 398 g/mol. The normalized spacial score (nSPS) is 15.5. The van der Waals surface area contributed by atoms with Gasteiger partial charge in [0.05, 0.1) is 12.5 Å². The second-order valence-electron chi connectivity index (χ2n) is 7.48. The van der Waals surface area contributed by atoms with Gasteiger partial charge >= 0.3 is 11.8 Å². The van der Waals surface area contributed by atoms with Crippen molar-refractivity contribution in [3.8, 4) is 5.75 Å². The van der Waals surface area contributed by atoms with Gasteiger partial charge < -0.3 is 15.0 Å². The third-order valence-corrected chi connectivity index (χ3v) is 4.96. The molecule has 8 heteroatoms. The van der Waals surface area contributed by atoms with Gasteiger partial charge in [0, 0.05) is 18.7 Å². The second kappa shape index (κ2) is 9.88. The Hall–Kier alpha value is -3.68.